The fraction of sp³-hybridized carbons (Fsp3) is 0.350. The number of nitrogens with zero attached hydrogens (tertiary/aromatic N) is 1. The van der Waals surface area contributed by atoms with Crippen molar-refractivity contribution < 1.29 is 17.6 Å². The third-order valence-corrected chi connectivity index (χ3v) is 3.53. The summed E-state index contributed by atoms with van der Waals surface area (Å²) in [6.07, 6.45) is 4.53. The Hall–Kier alpha value is -2.37. The van der Waals surface area contributed by atoms with Crippen molar-refractivity contribution in [1.29, 1.82) is 0 Å². The van der Waals surface area contributed by atoms with E-state index in [2.05, 4.69) is 4.99 Å². The van der Waals surface area contributed by atoms with Gasteiger partial charge in [-0.2, -0.15) is 13.2 Å². The van der Waals surface area contributed by atoms with E-state index in [0.29, 0.717) is 23.0 Å². The molecule has 0 aliphatic heterocycles. The topological polar surface area (TPSA) is 38.4 Å². The predicted molar refractivity (Wildman–Crippen MR) is 98.6 cm³/mol. The number of unbranched alkanes of at least 4 members (excludes halogenated alkanes) is 1. The van der Waals surface area contributed by atoms with Gasteiger partial charge in [0, 0.05) is 11.3 Å². The molecule has 0 atom stereocenters. The lowest BCUT2D eigenvalue weighted by atomic mass is 10.0. The second kappa shape index (κ2) is 9.94. The van der Waals surface area contributed by atoms with Crippen LogP contribution in [0.1, 0.15) is 44.7 Å². The molecule has 1 aromatic rings. The third kappa shape index (κ3) is 6.86. The Bertz CT molecular complexity index is 722. The maximum Gasteiger partial charge on any atom is 0.416 e. The molecule has 0 aliphatic carbocycles. The molecular formula is C20H24F4N2. The minimum absolute atomic E-state index is 0.0266. The molecule has 142 valence electrons. The van der Waals surface area contributed by atoms with Crippen LogP contribution in [0.15, 0.2) is 58.8 Å². The molecule has 0 saturated heterocycles. The molecule has 0 radical (unpaired) electrons. The minimum Gasteiger partial charge on any atom is -0.402 e. The molecule has 2 N–H and O–H groups in total. The first-order valence-electron chi connectivity index (χ1n) is 8.34. The Morgan fingerprint density at radius 1 is 1.23 bits per heavy atom. The molecule has 0 bridgehead atoms. The van der Waals surface area contributed by atoms with E-state index in [-0.39, 0.29) is 12.1 Å². The van der Waals surface area contributed by atoms with Crippen LogP contribution in [0, 0.1) is 5.82 Å². The van der Waals surface area contributed by atoms with Crippen molar-refractivity contribution in [2.75, 3.05) is 6.54 Å². The molecule has 2 nitrogen and oxygen atoms in total. The second-order valence-electron chi connectivity index (χ2n) is 5.90. The van der Waals surface area contributed by atoms with Gasteiger partial charge < -0.3 is 5.73 Å². The molecule has 1 aromatic carbocycles. The summed E-state index contributed by atoms with van der Waals surface area (Å²) in [6, 6.07) is 2.47. The second-order valence-corrected chi connectivity index (χ2v) is 5.90. The van der Waals surface area contributed by atoms with Crippen LogP contribution >= 0.6 is 0 Å². The van der Waals surface area contributed by atoms with E-state index >= 15 is 0 Å². The summed E-state index contributed by atoms with van der Waals surface area (Å²) >= 11 is 0. The Balaban J connectivity index is 3.30. The smallest absolute Gasteiger partial charge is 0.402 e. The Labute approximate surface area is 151 Å². The molecule has 6 heteroatoms. The lowest BCUT2D eigenvalue weighted by Crippen LogP contribution is -2.11. The van der Waals surface area contributed by atoms with Gasteiger partial charge in [0.1, 0.15) is 5.82 Å². The number of rotatable bonds is 7. The van der Waals surface area contributed by atoms with Crippen molar-refractivity contribution in [1.82, 2.24) is 0 Å². The molecule has 0 unspecified atom stereocenters. The fourth-order valence-corrected chi connectivity index (χ4v) is 2.14. The zero-order chi connectivity index (χ0) is 19.7. The first-order chi connectivity index (χ1) is 12.2. The van der Waals surface area contributed by atoms with Gasteiger partial charge in [0.2, 0.25) is 0 Å². The van der Waals surface area contributed by atoms with Crippen molar-refractivity contribution in [2.45, 2.75) is 39.8 Å². The molecule has 0 amide bonds. The average molecular weight is 368 g/mol. The van der Waals surface area contributed by atoms with E-state index < -0.39 is 17.6 Å². The Kier molecular flexibility index (Phi) is 8.29. The van der Waals surface area contributed by atoms with E-state index in [1.807, 2.05) is 19.1 Å². The van der Waals surface area contributed by atoms with Gasteiger partial charge in [0.25, 0.3) is 0 Å². The molecule has 0 saturated carbocycles. The quantitative estimate of drug-likeness (QED) is 0.369. The summed E-state index contributed by atoms with van der Waals surface area (Å²) in [5, 5.41) is 0. The minimum atomic E-state index is -4.59. The zero-order valence-corrected chi connectivity index (χ0v) is 15.2. The lowest BCUT2D eigenvalue weighted by molar-refractivity contribution is -0.137. The Morgan fingerprint density at radius 3 is 2.46 bits per heavy atom. The van der Waals surface area contributed by atoms with Crippen molar-refractivity contribution >= 4 is 5.71 Å². The largest absolute Gasteiger partial charge is 0.416 e. The van der Waals surface area contributed by atoms with Crippen LogP contribution in [0.25, 0.3) is 0 Å². The monoisotopic (exact) mass is 368 g/mol. The highest BCUT2D eigenvalue weighted by Crippen LogP contribution is 2.30. The zero-order valence-electron chi connectivity index (χ0n) is 15.2. The van der Waals surface area contributed by atoms with Gasteiger partial charge >= 0.3 is 6.18 Å². The van der Waals surface area contributed by atoms with Crippen molar-refractivity contribution in [2.24, 2.45) is 10.7 Å². The van der Waals surface area contributed by atoms with Crippen LogP contribution in [0.3, 0.4) is 0 Å². The van der Waals surface area contributed by atoms with E-state index in [1.165, 1.54) is 0 Å². The van der Waals surface area contributed by atoms with Crippen LogP contribution < -0.4 is 5.73 Å². The summed E-state index contributed by atoms with van der Waals surface area (Å²) in [5.74, 6) is -0.961. The summed E-state index contributed by atoms with van der Waals surface area (Å²) in [7, 11) is 0. The number of nitrogens with two attached hydrogens (primary N) is 1. The van der Waals surface area contributed by atoms with Gasteiger partial charge in [-0.1, -0.05) is 31.6 Å². The predicted octanol–water partition coefficient (Wildman–Crippen LogP) is 5.80. The maximum absolute atomic E-state index is 14.4. The van der Waals surface area contributed by atoms with E-state index in [9.17, 15) is 17.6 Å². The molecule has 0 fully saturated rings. The molecule has 0 heterocycles. The van der Waals surface area contributed by atoms with Crippen LogP contribution in [-0.2, 0) is 6.18 Å². The van der Waals surface area contributed by atoms with Crippen molar-refractivity contribution in [3.63, 3.8) is 0 Å². The van der Waals surface area contributed by atoms with E-state index in [1.54, 1.807) is 26.0 Å². The molecule has 0 aliphatic rings. The fourth-order valence-electron chi connectivity index (χ4n) is 2.14. The number of allylic oxidation sites excluding steroid dienone is 5. The van der Waals surface area contributed by atoms with Crippen LogP contribution in [-0.4, -0.2) is 12.3 Å². The summed E-state index contributed by atoms with van der Waals surface area (Å²) in [4.78, 5) is 4.32. The van der Waals surface area contributed by atoms with Crippen molar-refractivity contribution in [3.05, 3.63) is 70.7 Å². The molecular weight excluding hydrogens is 344 g/mol. The summed E-state index contributed by atoms with van der Waals surface area (Å²) < 4.78 is 52.6. The van der Waals surface area contributed by atoms with Gasteiger partial charge in [0.15, 0.2) is 0 Å². The van der Waals surface area contributed by atoms with Crippen LogP contribution in [0.4, 0.5) is 17.6 Å². The highest BCUT2D eigenvalue weighted by atomic mass is 19.4. The Morgan fingerprint density at radius 2 is 1.92 bits per heavy atom. The standard InChI is InChI=1S/C20H24F4N2/c1-4-5-6-7-8-14(2)19(26-12-11-15(3)25)17-10-9-16(13-18(17)21)20(22,23)24/h6-11,13H,4-5,12,25H2,1-3H3/b7-6-,14-8+,15-11+,26-19?. The number of aliphatic imine (C=N–C) groups is 1. The number of hydrogen-bond acceptors (Lipinski definition) is 2. The summed E-state index contributed by atoms with van der Waals surface area (Å²) in [5.41, 5.74) is 6.08. The number of hydrogen-bond donors (Lipinski definition) is 1. The van der Waals surface area contributed by atoms with Gasteiger partial charge in [-0.3, -0.25) is 4.99 Å². The number of alkyl halides is 3. The first-order valence-corrected chi connectivity index (χ1v) is 8.34. The van der Waals surface area contributed by atoms with Gasteiger partial charge in [0.05, 0.1) is 17.8 Å². The van der Waals surface area contributed by atoms with Gasteiger partial charge in [-0.15, -0.1) is 0 Å². The molecule has 1 rings (SSSR count). The number of halogens is 4. The van der Waals surface area contributed by atoms with E-state index in [0.717, 1.165) is 25.0 Å². The molecule has 26 heavy (non-hydrogen) atoms. The highest BCUT2D eigenvalue weighted by Gasteiger charge is 2.31. The van der Waals surface area contributed by atoms with Crippen LogP contribution in [0.5, 0.6) is 0 Å². The number of benzene rings is 1. The van der Waals surface area contributed by atoms with Gasteiger partial charge in [-0.05, 0) is 50.1 Å². The SMILES string of the molecule is CCC/C=C\C=C(/C)C(=NC/C=C(\C)N)c1ccc(C(F)(F)F)cc1F. The lowest BCUT2D eigenvalue weighted by Gasteiger charge is -2.12. The highest BCUT2D eigenvalue weighted by molar-refractivity contribution is 6.12. The van der Waals surface area contributed by atoms with Crippen molar-refractivity contribution in [3.8, 4) is 0 Å². The third-order valence-electron chi connectivity index (χ3n) is 3.53. The van der Waals surface area contributed by atoms with Gasteiger partial charge in [-0.25, -0.2) is 4.39 Å². The van der Waals surface area contributed by atoms with E-state index in [4.69, 9.17) is 5.73 Å². The molecule has 0 aromatic heterocycles. The first kappa shape index (κ1) is 21.7. The van der Waals surface area contributed by atoms with Crippen LogP contribution in [0.2, 0.25) is 0 Å². The normalized spacial score (nSPS) is 14.3. The summed E-state index contributed by atoms with van der Waals surface area (Å²) in [6.45, 7) is 5.70. The molecule has 0 spiro atoms. The average Bonchev–Trinajstić information content (AvgIpc) is 2.55. The maximum atomic E-state index is 14.4.